The monoisotopic (exact) mass is 296 g/mol. The Balaban J connectivity index is 3.14. The molecule has 1 aromatic carbocycles. The highest BCUT2D eigenvalue weighted by atomic mass is 32.2. The van der Waals surface area contributed by atoms with Crippen LogP contribution in [0.4, 0.5) is 11.4 Å². The van der Waals surface area contributed by atoms with Crippen molar-refractivity contribution in [1.29, 1.82) is 0 Å². The molecule has 0 bridgehead atoms. The number of thioether (sulfide) groups is 1. The molecule has 20 heavy (non-hydrogen) atoms. The maximum Gasteiger partial charge on any atom is 0.328 e. The van der Waals surface area contributed by atoms with Crippen LogP contribution < -0.4 is 4.90 Å². The summed E-state index contributed by atoms with van der Waals surface area (Å²) in [5.41, 5.74) is 1.23. The summed E-state index contributed by atoms with van der Waals surface area (Å²) in [6.07, 6.45) is 4.35. The number of aliphatic carboxylic acids is 1. The summed E-state index contributed by atoms with van der Waals surface area (Å²) in [6, 6.07) is 4.44. The number of rotatable bonds is 7. The van der Waals surface area contributed by atoms with Crippen molar-refractivity contribution < 1.29 is 14.8 Å². The van der Waals surface area contributed by atoms with Crippen molar-refractivity contribution in [3.05, 3.63) is 40.0 Å². The van der Waals surface area contributed by atoms with E-state index in [4.69, 9.17) is 5.11 Å². The minimum Gasteiger partial charge on any atom is -0.478 e. The molecule has 0 radical (unpaired) electrons. The molecule has 1 aromatic rings. The molecule has 0 fully saturated rings. The Kier molecular flexibility index (Phi) is 6.05. The molecule has 0 aromatic heterocycles. The van der Waals surface area contributed by atoms with Crippen LogP contribution in [0.2, 0.25) is 0 Å². The molecule has 1 N–H and O–H groups in total. The number of nitrogens with zero attached hydrogens (tertiary/aromatic N) is 2. The molecule has 6 nitrogen and oxygen atoms in total. The van der Waals surface area contributed by atoms with Gasteiger partial charge in [0, 0.05) is 48.8 Å². The molecule has 0 unspecified atom stereocenters. The SMILES string of the molecule is CSCCN(C)c1ccc([N+](=O)[O-])cc1/C=C/C(=O)O. The number of carboxylic acid groups (broad SMARTS) is 1. The standard InChI is InChI=1S/C13H16N2O4S/c1-14(7-8-20-2)12-5-4-11(15(18)19)9-10(12)3-6-13(16)17/h3-6,9H,7-8H2,1-2H3,(H,16,17)/b6-3+. The quantitative estimate of drug-likeness (QED) is 0.473. The van der Waals surface area contributed by atoms with E-state index in [1.165, 1.54) is 18.2 Å². The minimum atomic E-state index is -1.09. The predicted molar refractivity (Wildman–Crippen MR) is 81.4 cm³/mol. The van der Waals surface area contributed by atoms with Gasteiger partial charge in [0.25, 0.3) is 5.69 Å². The first-order chi connectivity index (χ1) is 9.45. The Bertz CT molecular complexity index is 531. The predicted octanol–water partition coefficient (Wildman–Crippen LogP) is 2.49. The third-order valence-corrected chi connectivity index (χ3v) is 3.26. The summed E-state index contributed by atoms with van der Waals surface area (Å²) in [4.78, 5) is 22.8. The smallest absolute Gasteiger partial charge is 0.328 e. The zero-order chi connectivity index (χ0) is 15.1. The summed E-state index contributed by atoms with van der Waals surface area (Å²) < 4.78 is 0. The Morgan fingerprint density at radius 2 is 2.25 bits per heavy atom. The van der Waals surface area contributed by atoms with Gasteiger partial charge in [0.2, 0.25) is 0 Å². The maximum atomic E-state index is 10.8. The number of nitro groups is 1. The van der Waals surface area contributed by atoms with E-state index < -0.39 is 10.9 Å². The molecule has 7 heteroatoms. The second-order valence-electron chi connectivity index (χ2n) is 4.09. The highest BCUT2D eigenvalue weighted by Gasteiger charge is 2.12. The molecular weight excluding hydrogens is 280 g/mol. The number of carbonyl (C=O) groups is 1. The second-order valence-corrected chi connectivity index (χ2v) is 5.07. The van der Waals surface area contributed by atoms with Crippen LogP contribution in [0.5, 0.6) is 0 Å². The molecule has 0 heterocycles. The molecule has 0 aliphatic heterocycles. The number of anilines is 1. The van der Waals surface area contributed by atoms with Gasteiger partial charge in [-0.2, -0.15) is 11.8 Å². The molecule has 0 aliphatic carbocycles. The van der Waals surface area contributed by atoms with E-state index in [1.807, 2.05) is 18.2 Å². The van der Waals surface area contributed by atoms with Crippen LogP contribution in [0, 0.1) is 10.1 Å². The first-order valence-electron chi connectivity index (χ1n) is 5.85. The van der Waals surface area contributed by atoms with Crippen LogP contribution in [-0.2, 0) is 4.79 Å². The lowest BCUT2D eigenvalue weighted by atomic mass is 10.1. The van der Waals surface area contributed by atoms with Gasteiger partial charge < -0.3 is 10.0 Å². The number of hydrogen-bond acceptors (Lipinski definition) is 5. The number of carboxylic acids is 1. The van der Waals surface area contributed by atoms with E-state index in [9.17, 15) is 14.9 Å². The highest BCUT2D eigenvalue weighted by Crippen LogP contribution is 2.26. The third kappa shape index (κ3) is 4.58. The largest absolute Gasteiger partial charge is 0.478 e. The summed E-state index contributed by atoms with van der Waals surface area (Å²) in [5.74, 6) is -0.176. The summed E-state index contributed by atoms with van der Waals surface area (Å²) in [5, 5.41) is 19.5. The Morgan fingerprint density at radius 1 is 1.55 bits per heavy atom. The lowest BCUT2D eigenvalue weighted by Crippen LogP contribution is -2.21. The Morgan fingerprint density at radius 3 is 2.80 bits per heavy atom. The van der Waals surface area contributed by atoms with E-state index in [1.54, 1.807) is 17.8 Å². The third-order valence-electron chi connectivity index (χ3n) is 2.67. The number of hydrogen-bond donors (Lipinski definition) is 1. The first-order valence-corrected chi connectivity index (χ1v) is 7.24. The highest BCUT2D eigenvalue weighted by molar-refractivity contribution is 7.98. The normalized spacial score (nSPS) is 10.7. The molecular formula is C13H16N2O4S. The van der Waals surface area contributed by atoms with Gasteiger partial charge in [-0.15, -0.1) is 0 Å². The first kappa shape index (κ1) is 16.0. The lowest BCUT2D eigenvalue weighted by molar-refractivity contribution is -0.384. The average molecular weight is 296 g/mol. The number of benzene rings is 1. The second kappa shape index (κ2) is 7.54. The van der Waals surface area contributed by atoms with E-state index in [-0.39, 0.29) is 5.69 Å². The molecule has 0 saturated heterocycles. The number of non-ortho nitro benzene ring substituents is 1. The molecule has 108 valence electrons. The molecule has 0 aliphatic rings. The molecule has 0 atom stereocenters. The van der Waals surface area contributed by atoms with E-state index in [0.29, 0.717) is 5.56 Å². The molecule has 0 amide bonds. The minimum absolute atomic E-state index is 0.0583. The van der Waals surface area contributed by atoms with Crippen molar-refractivity contribution in [3.8, 4) is 0 Å². The van der Waals surface area contributed by atoms with Gasteiger partial charge >= 0.3 is 5.97 Å². The van der Waals surface area contributed by atoms with Gasteiger partial charge in [0.05, 0.1) is 4.92 Å². The van der Waals surface area contributed by atoms with Gasteiger partial charge in [0.15, 0.2) is 0 Å². The molecule has 0 spiro atoms. The van der Waals surface area contributed by atoms with Gasteiger partial charge in [-0.3, -0.25) is 10.1 Å². The molecule has 1 rings (SSSR count). The van der Waals surface area contributed by atoms with Crippen molar-refractivity contribution in [1.82, 2.24) is 0 Å². The van der Waals surface area contributed by atoms with Crippen LogP contribution in [0.15, 0.2) is 24.3 Å². The van der Waals surface area contributed by atoms with Gasteiger partial charge in [-0.05, 0) is 18.4 Å². The summed E-state index contributed by atoms with van der Waals surface area (Å²) in [6.45, 7) is 0.771. The van der Waals surface area contributed by atoms with Gasteiger partial charge in [0.1, 0.15) is 0 Å². The fourth-order valence-electron chi connectivity index (χ4n) is 1.65. The Labute approximate surface area is 121 Å². The van der Waals surface area contributed by atoms with Crippen LogP contribution in [0.3, 0.4) is 0 Å². The van der Waals surface area contributed by atoms with Crippen LogP contribution in [0.25, 0.3) is 6.08 Å². The van der Waals surface area contributed by atoms with Crippen molar-refractivity contribution in [2.45, 2.75) is 0 Å². The fourth-order valence-corrected chi connectivity index (χ4v) is 2.10. The topological polar surface area (TPSA) is 83.7 Å². The van der Waals surface area contributed by atoms with Crippen molar-refractivity contribution in [2.75, 3.05) is 30.5 Å². The van der Waals surface area contributed by atoms with Crippen molar-refractivity contribution in [2.24, 2.45) is 0 Å². The molecule has 0 saturated carbocycles. The van der Waals surface area contributed by atoms with Crippen LogP contribution in [0.1, 0.15) is 5.56 Å². The Hall–Kier alpha value is -2.02. The lowest BCUT2D eigenvalue weighted by Gasteiger charge is -2.20. The van der Waals surface area contributed by atoms with E-state index in [2.05, 4.69) is 0 Å². The average Bonchev–Trinajstić information content (AvgIpc) is 2.42. The van der Waals surface area contributed by atoms with Gasteiger partial charge in [-0.25, -0.2) is 4.79 Å². The number of nitro benzene ring substituents is 1. The van der Waals surface area contributed by atoms with Gasteiger partial charge in [-0.1, -0.05) is 0 Å². The maximum absolute atomic E-state index is 10.8. The van der Waals surface area contributed by atoms with Crippen molar-refractivity contribution >= 4 is 35.2 Å². The van der Waals surface area contributed by atoms with E-state index >= 15 is 0 Å². The fraction of sp³-hybridized carbons (Fsp3) is 0.308. The van der Waals surface area contributed by atoms with Crippen LogP contribution in [-0.4, -0.2) is 41.6 Å². The van der Waals surface area contributed by atoms with Crippen molar-refractivity contribution in [3.63, 3.8) is 0 Å². The van der Waals surface area contributed by atoms with Crippen LogP contribution >= 0.6 is 11.8 Å². The summed E-state index contributed by atoms with van der Waals surface area (Å²) >= 11 is 1.69. The van der Waals surface area contributed by atoms with E-state index in [0.717, 1.165) is 24.1 Å². The zero-order valence-electron chi connectivity index (χ0n) is 11.3. The summed E-state index contributed by atoms with van der Waals surface area (Å²) in [7, 11) is 1.87. The zero-order valence-corrected chi connectivity index (χ0v) is 12.1.